The van der Waals surface area contributed by atoms with Gasteiger partial charge in [-0.1, -0.05) is 6.07 Å². The fourth-order valence-electron chi connectivity index (χ4n) is 3.08. The van der Waals surface area contributed by atoms with E-state index in [0.29, 0.717) is 23.9 Å². The Morgan fingerprint density at radius 2 is 2.07 bits per heavy atom. The number of hydrogen-bond acceptors (Lipinski definition) is 5. The topological polar surface area (TPSA) is 101 Å². The minimum absolute atomic E-state index is 0.0804. The highest BCUT2D eigenvalue weighted by Crippen LogP contribution is 2.25. The number of aromatic nitrogens is 5. The molecule has 142 valence electrons. The Balaban J connectivity index is 1.61. The van der Waals surface area contributed by atoms with Crippen LogP contribution in [0.5, 0.6) is 0 Å². The zero-order valence-corrected chi connectivity index (χ0v) is 15.9. The molecule has 0 bridgehead atoms. The summed E-state index contributed by atoms with van der Waals surface area (Å²) in [4.78, 5) is 16.6. The van der Waals surface area contributed by atoms with Gasteiger partial charge in [-0.25, -0.2) is 4.68 Å². The van der Waals surface area contributed by atoms with E-state index in [0.717, 1.165) is 27.7 Å². The van der Waals surface area contributed by atoms with E-state index >= 15 is 0 Å². The van der Waals surface area contributed by atoms with Crippen LogP contribution in [-0.2, 0) is 7.05 Å². The third-order valence-corrected chi connectivity index (χ3v) is 4.53. The van der Waals surface area contributed by atoms with Gasteiger partial charge in [-0.05, 0) is 49.7 Å². The van der Waals surface area contributed by atoms with Gasteiger partial charge in [-0.2, -0.15) is 10.1 Å². The molecule has 0 aliphatic heterocycles. The van der Waals surface area contributed by atoms with Gasteiger partial charge in [0.15, 0.2) is 5.82 Å². The van der Waals surface area contributed by atoms with Gasteiger partial charge in [0.25, 0.3) is 5.91 Å². The number of rotatable bonds is 5. The molecule has 8 nitrogen and oxygen atoms in total. The zero-order chi connectivity index (χ0) is 19.7. The van der Waals surface area contributed by atoms with Gasteiger partial charge < -0.3 is 10.6 Å². The van der Waals surface area contributed by atoms with Crippen molar-refractivity contribution < 1.29 is 4.79 Å². The molecule has 1 amide bonds. The van der Waals surface area contributed by atoms with Gasteiger partial charge in [0.05, 0.1) is 11.7 Å². The maximum absolute atomic E-state index is 12.0. The van der Waals surface area contributed by atoms with E-state index in [2.05, 4.69) is 30.9 Å². The van der Waals surface area contributed by atoms with Crippen LogP contribution in [0.3, 0.4) is 0 Å². The standard InChI is InChI=1S/C20H21N7O/c1-4-21-19(28)13-5-7-16(12(2)9-13)18-24-20(27(3)26-18)23-15-6-8-17-14(10-15)11-22-25-17/h5-11H,4H2,1-3H3,(H,21,28)(H,22,25)(H,23,24,26). The third-order valence-electron chi connectivity index (χ3n) is 4.53. The molecule has 8 heteroatoms. The molecule has 2 aromatic heterocycles. The van der Waals surface area contributed by atoms with Crippen LogP contribution >= 0.6 is 0 Å². The van der Waals surface area contributed by atoms with Gasteiger partial charge in [0, 0.05) is 35.8 Å². The van der Waals surface area contributed by atoms with Crippen molar-refractivity contribution in [1.29, 1.82) is 0 Å². The van der Waals surface area contributed by atoms with E-state index in [4.69, 9.17) is 0 Å². The van der Waals surface area contributed by atoms with Crippen molar-refractivity contribution in [2.75, 3.05) is 11.9 Å². The number of aryl methyl sites for hydroxylation is 2. The molecule has 0 unspecified atom stereocenters. The fraction of sp³-hybridized carbons (Fsp3) is 0.200. The van der Waals surface area contributed by atoms with Crippen LogP contribution in [0.15, 0.2) is 42.6 Å². The van der Waals surface area contributed by atoms with E-state index in [1.165, 1.54) is 0 Å². The summed E-state index contributed by atoms with van der Waals surface area (Å²) in [5.41, 5.74) is 4.35. The summed E-state index contributed by atoms with van der Waals surface area (Å²) in [5, 5.41) is 18.6. The highest BCUT2D eigenvalue weighted by Gasteiger charge is 2.14. The number of nitrogens with one attached hydrogen (secondary N) is 3. The van der Waals surface area contributed by atoms with Crippen molar-refractivity contribution >= 4 is 28.4 Å². The second-order valence-electron chi connectivity index (χ2n) is 6.57. The molecule has 0 atom stereocenters. The first-order chi connectivity index (χ1) is 13.5. The molecule has 0 aliphatic rings. The second-order valence-corrected chi connectivity index (χ2v) is 6.57. The van der Waals surface area contributed by atoms with Crippen molar-refractivity contribution in [3.63, 3.8) is 0 Å². The SMILES string of the molecule is CCNC(=O)c1ccc(-c2nc(Nc3ccc4[nH]ncc4c3)n(C)n2)c(C)c1. The Morgan fingerprint density at radius 3 is 2.86 bits per heavy atom. The summed E-state index contributed by atoms with van der Waals surface area (Å²) in [5.74, 6) is 1.16. The quantitative estimate of drug-likeness (QED) is 0.497. The van der Waals surface area contributed by atoms with Crippen LogP contribution in [-0.4, -0.2) is 37.4 Å². The Morgan fingerprint density at radius 1 is 1.21 bits per heavy atom. The summed E-state index contributed by atoms with van der Waals surface area (Å²) in [7, 11) is 1.84. The van der Waals surface area contributed by atoms with Gasteiger partial charge in [0.2, 0.25) is 5.95 Å². The molecule has 4 rings (SSSR count). The maximum atomic E-state index is 12.0. The molecule has 28 heavy (non-hydrogen) atoms. The van der Waals surface area contributed by atoms with E-state index in [9.17, 15) is 4.79 Å². The second kappa shape index (κ2) is 7.15. The maximum Gasteiger partial charge on any atom is 0.251 e. The van der Waals surface area contributed by atoms with Crippen LogP contribution in [0.1, 0.15) is 22.8 Å². The van der Waals surface area contributed by atoms with Crippen LogP contribution in [0.2, 0.25) is 0 Å². The Hall–Kier alpha value is -3.68. The number of H-pyrrole nitrogens is 1. The first-order valence-corrected chi connectivity index (χ1v) is 9.05. The summed E-state index contributed by atoms with van der Waals surface area (Å²) < 4.78 is 1.70. The molecular weight excluding hydrogens is 354 g/mol. The minimum atomic E-state index is -0.0804. The number of aromatic amines is 1. The highest BCUT2D eigenvalue weighted by molar-refractivity contribution is 5.95. The van der Waals surface area contributed by atoms with Gasteiger partial charge in [-0.15, -0.1) is 5.10 Å². The van der Waals surface area contributed by atoms with Gasteiger partial charge in [0.1, 0.15) is 0 Å². The molecule has 2 heterocycles. The lowest BCUT2D eigenvalue weighted by atomic mass is 10.0. The monoisotopic (exact) mass is 375 g/mol. The molecule has 0 spiro atoms. The predicted molar refractivity (Wildman–Crippen MR) is 109 cm³/mol. The molecule has 3 N–H and O–H groups in total. The molecule has 0 aliphatic carbocycles. The van der Waals surface area contributed by atoms with E-state index < -0.39 is 0 Å². The summed E-state index contributed by atoms with van der Waals surface area (Å²) in [6.45, 7) is 4.45. The Kier molecular flexibility index (Phi) is 4.52. The average molecular weight is 375 g/mol. The number of anilines is 2. The fourth-order valence-corrected chi connectivity index (χ4v) is 3.08. The third kappa shape index (κ3) is 3.32. The van der Waals surface area contributed by atoms with Gasteiger partial charge in [-0.3, -0.25) is 9.89 Å². The molecule has 0 radical (unpaired) electrons. The summed E-state index contributed by atoms with van der Waals surface area (Å²) in [6, 6.07) is 11.5. The first-order valence-electron chi connectivity index (χ1n) is 9.05. The van der Waals surface area contributed by atoms with Crippen LogP contribution in [0, 0.1) is 6.92 Å². The number of carbonyl (C=O) groups is 1. The Labute approximate surface area is 162 Å². The number of amides is 1. The molecule has 0 saturated carbocycles. The molecule has 0 fully saturated rings. The van der Waals surface area contributed by atoms with Gasteiger partial charge >= 0.3 is 0 Å². The largest absolute Gasteiger partial charge is 0.352 e. The molecule has 4 aromatic rings. The lowest BCUT2D eigenvalue weighted by molar-refractivity contribution is 0.0955. The van der Waals surface area contributed by atoms with Crippen molar-refractivity contribution in [3.05, 3.63) is 53.7 Å². The van der Waals surface area contributed by atoms with E-state index in [-0.39, 0.29) is 5.91 Å². The predicted octanol–water partition coefficient (Wildman–Crippen LogP) is 3.16. The van der Waals surface area contributed by atoms with Crippen molar-refractivity contribution in [1.82, 2.24) is 30.3 Å². The van der Waals surface area contributed by atoms with Crippen LogP contribution in [0.4, 0.5) is 11.6 Å². The molecular formula is C20H21N7O. The van der Waals surface area contributed by atoms with Crippen molar-refractivity contribution in [2.24, 2.45) is 7.05 Å². The summed E-state index contributed by atoms with van der Waals surface area (Å²) in [6.07, 6.45) is 1.78. The molecule has 2 aromatic carbocycles. The van der Waals surface area contributed by atoms with Crippen LogP contribution < -0.4 is 10.6 Å². The zero-order valence-electron chi connectivity index (χ0n) is 15.9. The number of fused-ring (bicyclic) bond motifs is 1. The van der Waals surface area contributed by atoms with E-state index in [1.807, 2.05) is 51.2 Å². The number of carbonyl (C=O) groups excluding carboxylic acids is 1. The molecule has 0 saturated heterocycles. The number of hydrogen-bond donors (Lipinski definition) is 3. The first kappa shape index (κ1) is 17.7. The summed E-state index contributed by atoms with van der Waals surface area (Å²) >= 11 is 0. The Bertz CT molecular complexity index is 1160. The lowest BCUT2D eigenvalue weighted by Gasteiger charge is -2.06. The smallest absolute Gasteiger partial charge is 0.251 e. The highest BCUT2D eigenvalue weighted by atomic mass is 16.1. The van der Waals surface area contributed by atoms with E-state index in [1.54, 1.807) is 16.9 Å². The van der Waals surface area contributed by atoms with Crippen molar-refractivity contribution in [2.45, 2.75) is 13.8 Å². The van der Waals surface area contributed by atoms with Crippen molar-refractivity contribution in [3.8, 4) is 11.4 Å². The number of nitrogens with zero attached hydrogens (tertiary/aromatic N) is 4. The normalized spacial score (nSPS) is 11.0. The number of benzene rings is 2. The van der Waals surface area contributed by atoms with Crippen LogP contribution in [0.25, 0.3) is 22.3 Å². The lowest BCUT2D eigenvalue weighted by Crippen LogP contribution is -2.22. The minimum Gasteiger partial charge on any atom is -0.352 e. The average Bonchev–Trinajstić information content (AvgIpc) is 3.28.